The Balaban J connectivity index is 2.11. The molecule has 90 valence electrons. The van der Waals surface area contributed by atoms with Crippen LogP contribution in [0.2, 0.25) is 0 Å². The van der Waals surface area contributed by atoms with Gasteiger partial charge in [0, 0.05) is 12.1 Å². The Hall–Kier alpha value is -0.870. The molecule has 0 aliphatic carbocycles. The molecule has 17 heavy (non-hydrogen) atoms. The molecular weight excluding hydrogens is 278 g/mol. The Morgan fingerprint density at radius 1 is 1.35 bits per heavy atom. The molecule has 2 aromatic heterocycles. The van der Waals surface area contributed by atoms with Crippen molar-refractivity contribution in [3.8, 4) is 0 Å². The maximum absolute atomic E-state index is 4.71. The molecular formula is C13H16BrN3. The fraction of sp³-hybridized carbons (Fsp3) is 0.462. The van der Waals surface area contributed by atoms with Gasteiger partial charge in [-0.2, -0.15) is 0 Å². The third-order valence-corrected chi connectivity index (χ3v) is 4.06. The van der Waals surface area contributed by atoms with E-state index in [1.54, 1.807) is 0 Å². The van der Waals surface area contributed by atoms with Crippen LogP contribution >= 0.6 is 15.9 Å². The van der Waals surface area contributed by atoms with E-state index in [0.29, 0.717) is 5.92 Å². The molecule has 0 saturated carbocycles. The molecule has 1 aliphatic rings. The van der Waals surface area contributed by atoms with E-state index in [2.05, 4.69) is 50.9 Å². The summed E-state index contributed by atoms with van der Waals surface area (Å²) in [6, 6.07) is 4.27. The molecule has 4 heteroatoms. The van der Waals surface area contributed by atoms with Crippen LogP contribution in [-0.4, -0.2) is 22.5 Å². The highest BCUT2D eigenvalue weighted by Crippen LogP contribution is 2.29. The topological polar surface area (TPSA) is 29.3 Å². The summed E-state index contributed by atoms with van der Waals surface area (Å²) < 4.78 is 3.21. The molecule has 3 nitrogen and oxygen atoms in total. The first-order valence-corrected chi connectivity index (χ1v) is 6.90. The van der Waals surface area contributed by atoms with Crippen molar-refractivity contribution in [2.45, 2.75) is 25.7 Å². The largest absolute Gasteiger partial charge is 0.317 e. The molecule has 0 amide bonds. The summed E-state index contributed by atoms with van der Waals surface area (Å²) >= 11 is 3.56. The molecule has 3 rings (SSSR count). The number of nitrogens with zero attached hydrogens (tertiary/aromatic N) is 2. The molecule has 0 aromatic carbocycles. The van der Waals surface area contributed by atoms with Gasteiger partial charge in [0.05, 0.1) is 5.52 Å². The summed E-state index contributed by atoms with van der Waals surface area (Å²) in [5.74, 6) is 1.79. The molecule has 2 aromatic rings. The number of piperidine rings is 1. The van der Waals surface area contributed by atoms with E-state index < -0.39 is 0 Å². The van der Waals surface area contributed by atoms with Gasteiger partial charge in [-0.15, -0.1) is 0 Å². The zero-order chi connectivity index (χ0) is 11.8. The molecule has 0 atom stereocenters. The fourth-order valence-corrected chi connectivity index (χ4v) is 3.05. The van der Waals surface area contributed by atoms with Gasteiger partial charge in [0.15, 0.2) is 0 Å². The second kappa shape index (κ2) is 4.42. The molecule has 1 N–H and O–H groups in total. The van der Waals surface area contributed by atoms with Crippen molar-refractivity contribution in [1.82, 2.24) is 14.7 Å². The van der Waals surface area contributed by atoms with Crippen molar-refractivity contribution >= 4 is 21.4 Å². The molecule has 1 fully saturated rings. The van der Waals surface area contributed by atoms with Crippen LogP contribution < -0.4 is 5.32 Å². The van der Waals surface area contributed by atoms with E-state index in [-0.39, 0.29) is 0 Å². The van der Waals surface area contributed by atoms with Crippen LogP contribution in [0.4, 0.5) is 0 Å². The van der Waals surface area contributed by atoms with Gasteiger partial charge in [-0.25, -0.2) is 4.98 Å². The molecule has 3 heterocycles. The summed E-state index contributed by atoms with van der Waals surface area (Å²) in [5.41, 5.74) is 2.45. The number of hydrogen-bond acceptors (Lipinski definition) is 2. The van der Waals surface area contributed by atoms with E-state index in [9.17, 15) is 0 Å². The van der Waals surface area contributed by atoms with Gasteiger partial charge >= 0.3 is 0 Å². The summed E-state index contributed by atoms with van der Waals surface area (Å²) in [6.45, 7) is 4.32. The van der Waals surface area contributed by atoms with Gasteiger partial charge in [-0.05, 0) is 60.4 Å². The molecule has 0 unspecified atom stereocenters. The minimum Gasteiger partial charge on any atom is -0.317 e. The Morgan fingerprint density at radius 2 is 2.12 bits per heavy atom. The summed E-state index contributed by atoms with van der Waals surface area (Å²) in [6.07, 6.45) is 4.55. The highest BCUT2D eigenvalue weighted by molar-refractivity contribution is 9.10. The first-order chi connectivity index (χ1) is 8.25. The van der Waals surface area contributed by atoms with Crippen molar-refractivity contribution in [3.63, 3.8) is 0 Å². The van der Waals surface area contributed by atoms with E-state index in [1.807, 2.05) is 0 Å². The van der Waals surface area contributed by atoms with Crippen molar-refractivity contribution in [2.24, 2.45) is 0 Å². The molecule has 1 aliphatic heterocycles. The van der Waals surface area contributed by atoms with Crippen molar-refractivity contribution in [1.29, 1.82) is 0 Å². The van der Waals surface area contributed by atoms with Crippen LogP contribution in [0, 0.1) is 6.92 Å². The van der Waals surface area contributed by atoms with Gasteiger partial charge in [-0.1, -0.05) is 6.07 Å². The maximum Gasteiger partial charge on any atom is 0.132 e. The van der Waals surface area contributed by atoms with Gasteiger partial charge in [-0.3, -0.25) is 0 Å². The number of halogens is 1. The Morgan fingerprint density at radius 3 is 2.88 bits per heavy atom. The number of rotatable bonds is 1. The molecule has 1 saturated heterocycles. The van der Waals surface area contributed by atoms with E-state index in [4.69, 9.17) is 4.98 Å². The van der Waals surface area contributed by atoms with E-state index in [0.717, 1.165) is 17.7 Å². The maximum atomic E-state index is 4.71. The monoisotopic (exact) mass is 293 g/mol. The summed E-state index contributed by atoms with van der Waals surface area (Å²) in [7, 11) is 0. The predicted octanol–water partition coefficient (Wildman–Crippen LogP) is 2.87. The number of pyridine rings is 1. The SMILES string of the molecule is Cc1ccc2c(Br)nc(C3CCNCC3)n2c1. The zero-order valence-electron chi connectivity index (χ0n) is 9.91. The third kappa shape index (κ3) is 2.00. The van der Waals surface area contributed by atoms with Crippen molar-refractivity contribution < 1.29 is 0 Å². The highest BCUT2D eigenvalue weighted by Gasteiger charge is 2.21. The number of nitrogens with one attached hydrogen (secondary N) is 1. The Kier molecular flexibility index (Phi) is 2.92. The van der Waals surface area contributed by atoms with Gasteiger partial charge in [0.1, 0.15) is 10.4 Å². The Bertz CT molecular complexity index is 541. The number of hydrogen-bond donors (Lipinski definition) is 1. The minimum atomic E-state index is 0.580. The van der Waals surface area contributed by atoms with E-state index in [1.165, 1.54) is 29.7 Å². The lowest BCUT2D eigenvalue weighted by atomic mass is 9.97. The summed E-state index contributed by atoms with van der Waals surface area (Å²) in [5, 5.41) is 3.40. The molecule has 0 spiro atoms. The predicted molar refractivity (Wildman–Crippen MR) is 72.5 cm³/mol. The number of imidazole rings is 1. The third-order valence-electron chi connectivity index (χ3n) is 3.47. The second-order valence-electron chi connectivity index (χ2n) is 4.75. The summed E-state index contributed by atoms with van der Waals surface area (Å²) in [4.78, 5) is 4.71. The molecule has 0 bridgehead atoms. The zero-order valence-corrected chi connectivity index (χ0v) is 11.5. The normalized spacial score (nSPS) is 17.8. The van der Waals surface area contributed by atoms with Crippen LogP contribution in [0.1, 0.15) is 30.1 Å². The lowest BCUT2D eigenvalue weighted by Crippen LogP contribution is -2.27. The standard InChI is InChI=1S/C13H16BrN3/c1-9-2-3-11-12(14)16-13(17(11)8-9)10-4-6-15-7-5-10/h2-3,8,10,15H,4-7H2,1H3. The van der Waals surface area contributed by atoms with Crippen molar-refractivity contribution in [2.75, 3.05) is 13.1 Å². The highest BCUT2D eigenvalue weighted by atomic mass is 79.9. The van der Waals surface area contributed by atoms with Crippen LogP contribution in [0.25, 0.3) is 5.52 Å². The van der Waals surface area contributed by atoms with Crippen molar-refractivity contribution in [3.05, 3.63) is 34.3 Å². The average Bonchev–Trinajstić information content (AvgIpc) is 2.67. The number of fused-ring (bicyclic) bond motifs is 1. The van der Waals surface area contributed by atoms with E-state index >= 15 is 0 Å². The van der Waals surface area contributed by atoms with Gasteiger partial charge < -0.3 is 9.72 Å². The Labute approximate surface area is 109 Å². The van der Waals surface area contributed by atoms with Crippen LogP contribution in [0.3, 0.4) is 0 Å². The molecule has 0 radical (unpaired) electrons. The minimum absolute atomic E-state index is 0.580. The van der Waals surface area contributed by atoms with Crippen LogP contribution in [0.5, 0.6) is 0 Å². The first-order valence-electron chi connectivity index (χ1n) is 6.10. The first kappa shape index (κ1) is 11.2. The average molecular weight is 294 g/mol. The lowest BCUT2D eigenvalue weighted by Gasteiger charge is -2.21. The van der Waals surface area contributed by atoms with Gasteiger partial charge in [0.25, 0.3) is 0 Å². The lowest BCUT2D eigenvalue weighted by molar-refractivity contribution is 0.444. The quantitative estimate of drug-likeness (QED) is 0.876. The van der Waals surface area contributed by atoms with Gasteiger partial charge in [0.2, 0.25) is 0 Å². The fourth-order valence-electron chi connectivity index (χ4n) is 2.54. The number of aromatic nitrogens is 2. The van der Waals surface area contributed by atoms with Crippen LogP contribution in [0.15, 0.2) is 22.9 Å². The second-order valence-corrected chi connectivity index (χ2v) is 5.50. The van der Waals surface area contributed by atoms with Crippen LogP contribution in [-0.2, 0) is 0 Å². The smallest absolute Gasteiger partial charge is 0.132 e. The number of aryl methyl sites for hydroxylation is 1.